The van der Waals surface area contributed by atoms with Crippen molar-refractivity contribution < 1.29 is 8.78 Å². The smallest absolute Gasteiger partial charge is 0.135 e. The van der Waals surface area contributed by atoms with Crippen molar-refractivity contribution in [3.8, 4) is 11.3 Å². The molecule has 1 aliphatic rings. The third-order valence-corrected chi connectivity index (χ3v) is 4.00. The van der Waals surface area contributed by atoms with Crippen LogP contribution in [-0.2, 0) is 5.41 Å². The maximum atomic E-state index is 13.7. The zero-order valence-corrected chi connectivity index (χ0v) is 10.4. The van der Waals surface area contributed by atoms with E-state index in [-0.39, 0.29) is 5.41 Å². The minimum Gasteiger partial charge on any atom is -0.341 e. The molecule has 1 aliphatic carbocycles. The van der Waals surface area contributed by atoms with Gasteiger partial charge in [0, 0.05) is 23.6 Å². The molecule has 0 atom stereocenters. The van der Waals surface area contributed by atoms with Crippen LogP contribution in [0.1, 0.15) is 25.1 Å². The number of benzene rings is 1. The van der Waals surface area contributed by atoms with Crippen LogP contribution in [0.25, 0.3) is 11.3 Å². The number of nitrogens with one attached hydrogen (secondary N) is 1. The van der Waals surface area contributed by atoms with Crippen molar-refractivity contribution in [2.24, 2.45) is 5.73 Å². The first-order valence-electron chi connectivity index (χ1n) is 6.36. The summed E-state index contributed by atoms with van der Waals surface area (Å²) in [6, 6.07) is 3.52. The molecule has 0 unspecified atom stereocenters. The lowest BCUT2D eigenvalue weighted by Gasteiger charge is -2.39. The Balaban J connectivity index is 1.97. The lowest BCUT2D eigenvalue weighted by atomic mass is 9.68. The fourth-order valence-electron chi connectivity index (χ4n) is 2.58. The summed E-state index contributed by atoms with van der Waals surface area (Å²) < 4.78 is 26.6. The lowest BCUT2D eigenvalue weighted by molar-refractivity contribution is 0.240. The molecule has 3 rings (SSSR count). The monoisotopic (exact) mass is 263 g/mol. The van der Waals surface area contributed by atoms with Gasteiger partial charge in [-0.05, 0) is 25.0 Å². The van der Waals surface area contributed by atoms with Crippen LogP contribution in [0.3, 0.4) is 0 Å². The summed E-state index contributed by atoms with van der Waals surface area (Å²) in [5, 5.41) is 0. The van der Waals surface area contributed by atoms with Crippen molar-refractivity contribution in [2.45, 2.75) is 24.7 Å². The van der Waals surface area contributed by atoms with Crippen LogP contribution in [0.15, 0.2) is 24.4 Å². The van der Waals surface area contributed by atoms with Crippen LogP contribution in [-0.4, -0.2) is 16.5 Å². The van der Waals surface area contributed by atoms with Crippen LogP contribution < -0.4 is 5.73 Å². The number of imidazole rings is 1. The number of aromatic amines is 1. The number of halogens is 2. The molecular weight excluding hydrogens is 248 g/mol. The Morgan fingerprint density at radius 1 is 1.32 bits per heavy atom. The first-order valence-corrected chi connectivity index (χ1v) is 6.36. The number of H-pyrrole nitrogens is 1. The van der Waals surface area contributed by atoms with E-state index in [0.717, 1.165) is 31.2 Å². The largest absolute Gasteiger partial charge is 0.341 e. The second-order valence-corrected chi connectivity index (χ2v) is 5.11. The van der Waals surface area contributed by atoms with Crippen LogP contribution in [0.2, 0.25) is 0 Å². The van der Waals surface area contributed by atoms with Gasteiger partial charge in [0.15, 0.2) is 0 Å². The number of rotatable bonds is 3. The molecule has 1 heterocycles. The molecule has 0 spiro atoms. The highest BCUT2D eigenvalue weighted by Crippen LogP contribution is 2.41. The summed E-state index contributed by atoms with van der Waals surface area (Å²) >= 11 is 0. The van der Waals surface area contributed by atoms with Crippen LogP contribution >= 0.6 is 0 Å². The molecule has 0 aliphatic heterocycles. The maximum Gasteiger partial charge on any atom is 0.135 e. The normalized spacial score (nSPS) is 17.2. The standard InChI is InChI=1S/C14H15F2N3/c15-9-2-3-10(11(16)6-9)12-7-18-13(19-12)14(8-17)4-1-5-14/h2-3,6-7H,1,4-5,8,17H2,(H,18,19). The Bertz CT molecular complexity index is 597. The molecule has 1 aromatic heterocycles. The quantitative estimate of drug-likeness (QED) is 0.894. The van der Waals surface area contributed by atoms with Gasteiger partial charge in [-0.1, -0.05) is 6.42 Å². The van der Waals surface area contributed by atoms with Gasteiger partial charge in [-0.25, -0.2) is 13.8 Å². The van der Waals surface area contributed by atoms with Gasteiger partial charge in [0.25, 0.3) is 0 Å². The van der Waals surface area contributed by atoms with E-state index in [9.17, 15) is 8.78 Å². The van der Waals surface area contributed by atoms with Gasteiger partial charge in [-0.3, -0.25) is 0 Å². The Hall–Kier alpha value is -1.75. The predicted molar refractivity (Wildman–Crippen MR) is 68.5 cm³/mol. The molecule has 3 N–H and O–H groups in total. The van der Waals surface area contributed by atoms with E-state index in [4.69, 9.17) is 5.73 Å². The molecule has 2 aromatic rings. The molecule has 0 radical (unpaired) electrons. The van der Waals surface area contributed by atoms with Gasteiger partial charge in [-0.2, -0.15) is 0 Å². The zero-order valence-electron chi connectivity index (χ0n) is 10.4. The molecule has 3 nitrogen and oxygen atoms in total. The van der Waals surface area contributed by atoms with Gasteiger partial charge in [0.1, 0.15) is 17.5 Å². The Kier molecular flexibility index (Phi) is 2.86. The Morgan fingerprint density at radius 3 is 2.68 bits per heavy atom. The number of aromatic nitrogens is 2. The van der Waals surface area contributed by atoms with E-state index in [1.165, 1.54) is 12.1 Å². The van der Waals surface area contributed by atoms with E-state index in [0.29, 0.717) is 17.8 Å². The third kappa shape index (κ3) is 1.94. The van der Waals surface area contributed by atoms with Gasteiger partial charge in [0.05, 0.1) is 11.9 Å². The molecule has 19 heavy (non-hydrogen) atoms. The highest BCUT2D eigenvalue weighted by molar-refractivity contribution is 5.59. The number of hydrogen-bond donors (Lipinski definition) is 2. The highest BCUT2D eigenvalue weighted by atomic mass is 19.1. The van der Waals surface area contributed by atoms with Crippen molar-refractivity contribution in [2.75, 3.05) is 6.54 Å². The summed E-state index contributed by atoms with van der Waals surface area (Å²) in [6.45, 7) is 0.534. The van der Waals surface area contributed by atoms with Crippen LogP contribution in [0.5, 0.6) is 0 Å². The van der Waals surface area contributed by atoms with Crippen molar-refractivity contribution in [3.63, 3.8) is 0 Å². The lowest BCUT2D eigenvalue weighted by Crippen LogP contribution is -2.42. The minimum atomic E-state index is -0.592. The molecule has 0 saturated heterocycles. The molecule has 0 bridgehead atoms. The van der Waals surface area contributed by atoms with E-state index in [1.807, 2.05) is 0 Å². The molecule has 0 amide bonds. The summed E-state index contributed by atoms with van der Waals surface area (Å²) in [4.78, 5) is 7.46. The minimum absolute atomic E-state index is 0.0885. The van der Waals surface area contributed by atoms with E-state index >= 15 is 0 Å². The van der Waals surface area contributed by atoms with Crippen molar-refractivity contribution in [3.05, 3.63) is 41.9 Å². The third-order valence-electron chi connectivity index (χ3n) is 4.00. The first kappa shape index (κ1) is 12.3. The summed E-state index contributed by atoms with van der Waals surface area (Å²) in [6.07, 6.45) is 4.73. The second kappa shape index (κ2) is 4.42. The van der Waals surface area contributed by atoms with E-state index in [2.05, 4.69) is 9.97 Å². The van der Waals surface area contributed by atoms with Gasteiger partial charge in [-0.15, -0.1) is 0 Å². The van der Waals surface area contributed by atoms with Gasteiger partial charge >= 0.3 is 0 Å². The van der Waals surface area contributed by atoms with E-state index in [1.54, 1.807) is 6.20 Å². The Morgan fingerprint density at radius 2 is 2.11 bits per heavy atom. The average Bonchev–Trinajstić information content (AvgIpc) is 2.78. The van der Waals surface area contributed by atoms with Crippen molar-refractivity contribution in [1.29, 1.82) is 0 Å². The average molecular weight is 263 g/mol. The maximum absolute atomic E-state index is 13.7. The zero-order chi connectivity index (χ0) is 13.5. The summed E-state index contributed by atoms with van der Waals surface area (Å²) in [5.74, 6) is -0.371. The first-order chi connectivity index (χ1) is 9.14. The number of nitrogens with zero attached hydrogens (tertiary/aromatic N) is 1. The number of nitrogens with two attached hydrogens (primary N) is 1. The topological polar surface area (TPSA) is 54.7 Å². The Labute approximate surface area is 109 Å². The second-order valence-electron chi connectivity index (χ2n) is 5.11. The number of hydrogen-bond acceptors (Lipinski definition) is 2. The van der Waals surface area contributed by atoms with Crippen molar-refractivity contribution in [1.82, 2.24) is 9.97 Å². The molecule has 5 heteroatoms. The summed E-state index contributed by atoms with van der Waals surface area (Å²) in [7, 11) is 0. The molecule has 1 fully saturated rings. The van der Waals surface area contributed by atoms with Crippen LogP contribution in [0.4, 0.5) is 8.78 Å². The molecular formula is C14H15F2N3. The highest BCUT2D eigenvalue weighted by Gasteiger charge is 2.40. The fraction of sp³-hybridized carbons (Fsp3) is 0.357. The predicted octanol–water partition coefficient (Wildman–Crippen LogP) is 2.74. The van der Waals surface area contributed by atoms with Crippen LogP contribution in [0, 0.1) is 11.6 Å². The molecule has 1 aromatic carbocycles. The molecule has 100 valence electrons. The fourth-order valence-corrected chi connectivity index (χ4v) is 2.58. The SMILES string of the molecule is NCC1(c2ncc(-c3ccc(F)cc3F)[nH]2)CCC1. The van der Waals surface area contributed by atoms with Gasteiger partial charge in [0.2, 0.25) is 0 Å². The molecule has 1 saturated carbocycles. The summed E-state index contributed by atoms with van der Waals surface area (Å²) in [5.41, 5.74) is 6.61. The van der Waals surface area contributed by atoms with Crippen molar-refractivity contribution >= 4 is 0 Å². The van der Waals surface area contributed by atoms with Gasteiger partial charge < -0.3 is 10.7 Å². The van der Waals surface area contributed by atoms with E-state index < -0.39 is 11.6 Å².